The SMILES string of the molecule is CC(C)c1ccc(C(=O)Oc2ccc(C#N)nn2)cc1. The molecule has 2 aromatic rings. The smallest absolute Gasteiger partial charge is 0.344 e. The van der Waals surface area contributed by atoms with E-state index in [0.717, 1.165) is 5.56 Å². The minimum absolute atomic E-state index is 0.0712. The summed E-state index contributed by atoms with van der Waals surface area (Å²) in [7, 11) is 0. The first-order valence-corrected chi connectivity index (χ1v) is 6.16. The molecule has 0 unspecified atom stereocenters. The van der Waals surface area contributed by atoms with E-state index in [4.69, 9.17) is 10.00 Å². The fourth-order valence-electron chi connectivity index (χ4n) is 1.59. The Morgan fingerprint density at radius 2 is 1.85 bits per heavy atom. The lowest BCUT2D eigenvalue weighted by Crippen LogP contribution is -2.10. The van der Waals surface area contributed by atoms with E-state index in [1.54, 1.807) is 12.1 Å². The first-order valence-electron chi connectivity index (χ1n) is 6.16. The van der Waals surface area contributed by atoms with E-state index in [1.165, 1.54) is 12.1 Å². The highest BCUT2D eigenvalue weighted by molar-refractivity contribution is 5.90. The number of hydrogen-bond acceptors (Lipinski definition) is 5. The van der Waals surface area contributed by atoms with E-state index >= 15 is 0 Å². The third-order valence-electron chi connectivity index (χ3n) is 2.76. The van der Waals surface area contributed by atoms with Crippen LogP contribution in [0.5, 0.6) is 5.88 Å². The molecule has 1 aromatic heterocycles. The van der Waals surface area contributed by atoms with Crippen molar-refractivity contribution in [2.75, 3.05) is 0 Å². The van der Waals surface area contributed by atoms with Crippen molar-refractivity contribution >= 4 is 5.97 Å². The predicted octanol–water partition coefficient (Wildman–Crippen LogP) is 2.69. The van der Waals surface area contributed by atoms with Gasteiger partial charge in [-0.05, 0) is 29.7 Å². The molecule has 1 aromatic carbocycles. The summed E-state index contributed by atoms with van der Waals surface area (Å²) >= 11 is 0. The summed E-state index contributed by atoms with van der Waals surface area (Å²) in [6, 6.07) is 11.9. The zero-order valence-corrected chi connectivity index (χ0v) is 11.2. The highest BCUT2D eigenvalue weighted by Crippen LogP contribution is 2.15. The molecular weight excluding hydrogens is 254 g/mol. The molecule has 5 nitrogen and oxygen atoms in total. The van der Waals surface area contributed by atoms with E-state index in [9.17, 15) is 4.79 Å². The van der Waals surface area contributed by atoms with E-state index in [0.29, 0.717) is 11.5 Å². The first-order chi connectivity index (χ1) is 9.60. The van der Waals surface area contributed by atoms with Gasteiger partial charge in [-0.15, -0.1) is 10.2 Å². The maximum Gasteiger partial charge on any atom is 0.344 e. The van der Waals surface area contributed by atoms with Gasteiger partial charge in [-0.25, -0.2) is 4.79 Å². The van der Waals surface area contributed by atoms with Gasteiger partial charge in [0.1, 0.15) is 6.07 Å². The number of ether oxygens (including phenoxy) is 1. The van der Waals surface area contributed by atoms with Crippen molar-refractivity contribution in [3.05, 3.63) is 53.2 Å². The molecule has 0 N–H and O–H groups in total. The molecule has 0 radical (unpaired) electrons. The molecule has 0 fully saturated rings. The number of esters is 1. The Morgan fingerprint density at radius 3 is 2.35 bits per heavy atom. The minimum Gasteiger partial charge on any atom is -0.402 e. The third-order valence-corrected chi connectivity index (χ3v) is 2.76. The van der Waals surface area contributed by atoms with Crippen molar-refractivity contribution in [1.29, 1.82) is 5.26 Å². The maximum atomic E-state index is 11.9. The average Bonchev–Trinajstić information content (AvgIpc) is 2.48. The van der Waals surface area contributed by atoms with Gasteiger partial charge in [-0.1, -0.05) is 26.0 Å². The Labute approximate surface area is 116 Å². The summed E-state index contributed by atoms with van der Waals surface area (Å²) in [6.45, 7) is 4.17. The van der Waals surface area contributed by atoms with Gasteiger partial charge in [0, 0.05) is 6.07 Å². The second-order valence-corrected chi connectivity index (χ2v) is 4.53. The van der Waals surface area contributed by atoms with Crippen LogP contribution in [0.4, 0.5) is 0 Å². The molecule has 0 aliphatic rings. The number of carbonyl (C=O) groups is 1. The Kier molecular flexibility index (Phi) is 4.06. The molecule has 2 rings (SSSR count). The van der Waals surface area contributed by atoms with Crippen molar-refractivity contribution in [2.45, 2.75) is 19.8 Å². The van der Waals surface area contributed by atoms with Crippen molar-refractivity contribution in [2.24, 2.45) is 0 Å². The highest BCUT2D eigenvalue weighted by atomic mass is 16.5. The number of hydrogen-bond donors (Lipinski definition) is 0. The van der Waals surface area contributed by atoms with E-state index < -0.39 is 5.97 Å². The Morgan fingerprint density at radius 1 is 1.15 bits per heavy atom. The van der Waals surface area contributed by atoms with Crippen LogP contribution in [-0.4, -0.2) is 16.2 Å². The molecular formula is C15H13N3O2. The van der Waals surface area contributed by atoms with Crippen LogP contribution in [-0.2, 0) is 0 Å². The molecule has 0 saturated heterocycles. The zero-order chi connectivity index (χ0) is 14.5. The van der Waals surface area contributed by atoms with Crippen LogP contribution < -0.4 is 4.74 Å². The maximum absolute atomic E-state index is 11.9. The fraction of sp³-hybridized carbons (Fsp3) is 0.200. The lowest BCUT2D eigenvalue weighted by atomic mass is 10.0. The van der Waals surface area contributed by atoms with Crippen molar-refractivity contribution in [3.8, 4) is 11.9 Å². The second-order valence-electron chi connectivity index (χ2n) is 4.53. The van der Waals surface area contributed by atoms with Crippen molar-refractivity contribution < 1.29 is 9.53 Å². The van der Waals surface area contributed by atoms with Crippen molar-refractivity contribution in [1.82, 2.24) is 10.2 Å². The van der Waals surface area contributed by atoms with Crippen molar-refractivity contribution in [3.63, 3.8) is 0 Å². The normalized spacial score (nSPS) is 10.1. The molecule has 0 bridgehead atoms. The van der Waals surface area contributed by atoms with E-state index in [-0.39, 0.29) is 11.6 Å². The molecule has 0 atom stereocenters. The zero-order valence-electron chi connectivity index (χ0n) is 11.2. The van der Waals surface area contributed by atoms with E-state index in [2.05, 4.69) is 24.0 Å². The topological polar surface area (TPSA) is 75.9 Å². The molecule has 0 spiro atoms. The van der Waals surface area contributed by atoms with Gasteiger partial charge < -0.3 is 4.74 Å². The van der Waals surface area contributed by atoms with Crippen LogP contribution in [0.3, 0.4) is 0 Å². The summed E-state index contributed by atoms with van der Waals surface area (Å²) in [5.74, 6) is -0.0225. The number of aromatic nitrogens is 2. The summed E-state index contributed by atoms with van der Waals surface area (Å²) in [5.41, 5.74) is 1.77. The van der Waals surface area contributed by atoms with Gasteiger partial charge in [0.15, 0.2) is 5.69 Å². The van der Waals surface area contributed by atoms with E-state index in [1.807, 2.05) is 18.2 Å². The van der Waals surface area contributed by atoms with Crippen LogP contribution in [0.15, 0.2) is 36.4 Å². The fourth-order valence-corrected chi connectivity index (χ4v) is 1.59. The first kappa shape index (κ1) is 13.7. The van der Waals surface area contributed by atoms with Gasteiger partial charge in [0.25, 0.3) is 0 Å². The van der Waals surface area contributed by atoms with Gasteiger partial charge in [0.2, 0.25) is 5.88 Å². The molecule has 0 saturated carbocycles. The standard InChI is InChI=1S/C15H13N3O2/c1-10(2)11-3-5-12(6-4-11)15(19)20-14-8-7-13(9-16)17-18-14/h3-8,10H,1-2H3. The molecule has 100 valence electrons. The minimum atomic E-state index is -0.501. The van der Waals surface area contributed by atoms with Gasteiger partial charge in [-0.3, -0.25) is 0 Å². The van der Waals surface area contributed by atoms with Crippen LogP contribution in [0.25, 0.3) is 0 Å². The summed E-state index contributed by atoms with van der Waals surface area (Å²) in [4.78, 5) is 11.9. The molecule has 20 heavy (non-hydrogen) atoms. The van der Waals surface area contributed by atoms with Crippen LogP contribution >= 0.6 is 0 Å². The predicted molar refractivity (Wildman–Crippen MR) is 72.2 cm³/mol. The average molecular weight is 267 g/mol. The Balaban J connectivity index is 2.09. The summed E-state index contributed by atoms with van der Waals surface area (Å²) in [5, 5.41) is 15.8. The third kappa shape index (κ3) is 3.18. The van der Waals surface area contributed by atoms with Gasteiger partial charge in [0.05, 0.1) is 5.56 Å². The quantitative estimate of drug-likeness (QED) is 0.799. The van der Waals surface area contributed by atoms with Crippen LogP contribution in [0.2, 0.25) is 0 Å². The lowest BCUT2D eigenvalue weighted by Gasteiger charge is -2.06. The molecule has 0 amide bonds. The molecule has 5 heteroatoms. The van der Waals surface area contributed by atoms with Gasteiger partial charge in [-0.2, -0.15) is 5.26 Å². The molecule has 0 aliphatic carbocycles. The largest absolute Gasteiger partial charge is 0.402 e. The number of benzene rings is 1. The Bertz CT molecular complexity index is 640. The summed E-state index contributed by atoms with van der Waals surface area (Å²) < 4.78 is 5.08. The Hall–Kier alpha value is -2.74. The molecule has 1 heterocycles. The summed E-state index contributed by atoms with van der Waals surface area (Å²) in [6.07, 6.45) is 0. The van der Waals surface area contributed by atoms with Gasteiger partial charge >= 0.3 is 5.97 Å². The number of nitriles is 1. The lowest BCUT2D eigenvalue weighted by molar-refractivity contribution is 0.0725. The monoisotopic (exact) mass is 267 g/mol. The number of nitrogens with zero attached hydrogens (tertiary/aromatic N) is 3. The van der Waals surface area contributed by atoms with Crippen LogP contribution in [0, 0.1) is 11.3 Å². The highest BCUT2D eigenvalue weighted by Gasteiger charge is 2.10. The van der Waals surface area contributed by atoms with Crippen LogP contribution in [0.1, 0.15) is 41.4 Å². The number of carbonyl (C=O) groups excluding carboxylic acids is 1. The molecule has 0 aliphatic heterocycles. The second kappa shape index (κ2) is 5.93. The number of rotatable bonds is 3.